The molecule has 0 spiro atoms. The van der Waals surface area contributed by atoms with E-state index in [0.717, 1.165) is 0 Å². The van der Waals surface area contributed by atoms with Crippen LogP contribution in [0.15, 0.2) is 0 Å². The maximum absolute atomic E-state index is 12.7. The first-order valence-corrected chi connectivity index (χ1v) is 4.36. The van der Waals surface area contributed by atoms with Gasteiger partial charge in [-0.2, -0.15) is 5.26 Å². The first kappa shape index (κ1) is 10.4. The molecule has 0 saturated carbocycles. The Morgan fingerprint density at radius 1 is 1.54 bits per heavy atom. The summed E-state index contributed by atoms with van der Waals surface area (Å²) in [5.74, 6) is -2.55. The molecule has 2 nitrogen and oxygen atoms in total. The summed E-state index contributed by atoms with van der Waals surface area (Å²) in [5.41, 5.74) is -0.527. The van der Waals surface area contributed by atoms with Crippen molar-refractivity contribution in [3.05, 3.63) is 0 Å². The van der Waals surface area contributed by atoms with Crippen LogP contribution >= 0.6 is 0 Å². The van der Waals surface area contributed by atoms with Gasteiger partial charge in [0, 0.05) is 19.5 Å². The van der Waals surface area contributed by atoms with Crippen LogP contribution in [0.2, 0.25) is 0 Å². The fourth-order valence-electron chi connectivity index (χ4n) is 1.54. The molecule has 0 atom stereocenters. The molecule has 74 valence electrons. The quantitative estimate of drug-likeness (QED) is 0.661. The van der Waals surface area contributed by atoms with E-state index >= 15 is 0 Å². The van der Waals surface area contributed by atoms with Crippen molar-refractivity contribution < 1.29 is 8.78 Å². The summed E-state index contributed by atoms with van der Waals surface area (Å²) in [6.07, 6.45) is -0.0749. The minimum Gasteiger partial charge on any atom is -0.296 e. The summed E-state index contributed by atoms with van der Waals surface area (Å²) in [6, 6.07) is 2.11. The molecule has 0 aromatic heterocycles. The zero-order chi connectivity index (χ0) is 10.1. The third-order valence-electron chi connectivity index (χ3n) is 2.17. The third-order valence-corrected chi connectivity index (χ3v) is 2.17. The molecule has 1 fully saturated rings. The first-order chi connectivity index (χ1) is 5.85. The van der Waals surface area contributed by atoms with Crippen LogP contribution in [0, 0.1) is 16.7 Å². The van der Waals surface area contributed by atoms with E-state index < -0.39 is 11.3 Å². The van der Waals surface area contributed by atoms with Crippen molar-refractivity contribution in [1.29, 1.82) is 5.26 Å². The summed E-state index contributed by atoms with van der Waals surface area (Å²) in [5, 5.41) is 8.72. The summed E-state index contributed by atoms with van der Waals surface area (Å²) >= 11 is 0. The van der Waals surface area contributed by atoms with Crippen molar-refractivity contribution in [2.24, 2.45) is 5.41 Å². The second-order valence-electron chi connectivity index (χ2n) is 4.31. The van der Waals surface area contributed by atoms with Gasteiger partial charge in [0.25, 0.3) is 5.92 Å². The molecule has 0 bridgehead atoms. The lowest BCUT2D eigenvalue weighted by Crippen LogP contribution is -2.33. The molecular formula is C9H14F2N2. The number of rotatable bonds is 2. The van der Waals surface area contributed by atoms with Gasteiger partial charge >= 0.3 is 0 Å². The number of nitrogens with zero attached hydrogens (tertiary/aromatic N) is 2. The monoisotopic (exact) mass is 188 g/mol. The zero-order valence-electron chi connectivity index (χ0n) is 7.98. The van der Waals surface area contributed by atoms with Gasteiger partial charge in [-0.25, -0.2) is 8.78 Å². The van der Waals surface area contributed by atoms with Gasteiger partial charge < -0.3 is 0 Å². The van der Waals surface area contributed by atoms with Crippen LogP contribution in [0.4, 0.5) is 8.78 Å². The number of hydrogen-bond donors (Lipinski definition) is 0. The second kappa shape index (κ2) is 3.22. The molecule has 13 heavy (non-hydrogen) atoms. The van der Waals surface area contributed by atoms with Crippen molar-refractivity contribution >= 4 is 0 Å². The topological polar surface area (TPSA) is 27.0 Å². The number of alkyl halides is 2. The molecule has 0 radical (unpaired) electrons. The van der Waals surface area contributed by atoms with E-state index in [1.807, 2.05) is 0 Å². The summed E-state index contributed by atoms with van der Waals surface area (Å²) in [4.78, 5) is 1.66. The number of hydrogen-bond acceptors (Lipinski definition) is 2. The van der Waals surface area contributed by atoms with Gasteiger partial charge in [-0.05, 0) is 13.8 Å². The van der Waals surface area contributed by atoms with Gasteiger partial charge in [-0.1, -0.05) is 0 Å². The number of halogens is 2. The average molecular weight is 188 g/mol. The van der Waals surface area contributed by atoms with Crippen LogP contribution in [-0.4, -0.2) is 30.5 Å². The molecule has 0 N–H and O–H groups in total. The molecule has 1 aliphatic heterocycles. The Balaban J connectivity index is 2.46. The Kier molecular flexibility index (Phi) is 2.58. The molecule has 0 aromatic carbocycles. The third kappa shape index (κ3) is 2.92. The van der Waals surface area contributed by atoms with Gasteiger partial charge in [0.05, 0.1) is 18.0 Å². The second-order valence-corrected chi connectivity index (χ2v) is 4.31. The average Bonchev–Trinajstić information content (AvgIpc) is 2.29. The van der Waals surface area contributed by atoms with Crippen LogP contribution in [0.1, 0.15) is 20.3 Å². The van der Waals surface area contributed by atoms with E-state index in [0.29, 0.717) is 13.1 Å². The molecule has 1 rings (SSSR count). The maximum atomic E-state index is 12.7. The normalized spacial score (nSPS) is 23.0. The van der Waals surface area contributed by atoms with E-state index in [9.17, 15) is 8.78 Å². The molecule has 0 unspecified atom stereocenters. The number of likely N-dealkylation sites (tertiary alicyclic amines) is 1. The fourth-order valence-corrected chi connectivity index (χ4v) is 1.54. The lowest BCUT2D eigenvalue weighted by atomic mass is 9.95. The molecule has 1 saturated heterocycles. The summed E-state index contributed by atoms with van der Waals surface area (Å²) in [7, 11) is 0. The van der Waals surface area contributed by atoms with Gasteiger partial charge in [0.15, 0.2) is 0 Å². The molecule has 0 amide bonds. The van der Waals surface area contributed by atoms with Gasteiger partial charge in [0.1, 0.15) is 0 Å². The van der Waals surface area contributed by atoms with Gasteiger partial charge in [-0.3, -0.25) is 4.90 Å². The standard InChI is InChI=1S/C9H14F2N2/c1-8(2,5-12)6-13-4-3-9(10,11)7-13/h3-4,6-7H2,1-2H3. The zero-order valence-corrected chi connectivity index (χ0v) is 7.98. The van der Waals surface area contributed by atoms with Gasteiger partial charge in [-0.15, -0.1) is 0 Å². The molecule has 4 heteroatoms. The summed E-state index contributed by atoms with van der Waals surface area (Å²) < 4.78 is 25.5. The Morgan fingerprint density at radius 2 is 2.15 bits per heavy atom. The maximum Gasteiger partial charge on any atom is 0.261 e. The van der Waals surface area contributed by atoms with Crippen LogP contribution in [0.25, 0.3) is 0 Å². The van der Waals surface area contributed by atoms with E-state index in [4.69, 9.17) is 5.26 Å². The van der Waals surface area contributed by atoms with Crippen molar-refractivity contribution in [1.82, 2.24) is 4.90 Å². The van der Waals surface area contributed by atoms with Crippen LogP contribution in [0.5, 0.6) is 0 Å². The Hall–Kier alpha value is -0.690. The Morgan fingerprint density at radius 3 is 2.54 bits per heavy atom. The van der Waals surface area contributed by atoms with E-state index in [1.54, 1.807) is 18.7 Å². The lowest BCUT2D eigenvalue weighted by Gasteiger charge is -2.23. The summed E-state index contributed by atoms with van der Waals surface area (Å²) in [6.45, 7) is 4.17. The molecular weight excluding hydrogens is 174 g/mol. The lowest BCUT2D eigenvalue weighted by molar-refractivity contribution is 0.0102. The smallest absolute Gasteiger partial charge is 0.261 e. The van der Waals surface area contributed by atoms with Crippen LogP contribution in [0.3, 0.4) is 0 Å². The Bertz CT molecular complexity index is 230. The molecule has 1 heterocycles. The molecule has 0 aromatic rings. The predicted octanol–water partition coefficient (Wildman–Crippen LogP) is 1.88. The van der Waals surface area contributed by atoms with Crippen LogP contribution < -0.4 is 0 Å². The van der Waals surface area contributed by atoms with Gasteiger partial charge in [0.2, 0.25) is 0 Å². The van der Waals surface area contributed by atoms with Crippen molar-refractivity contribution in [3.8, 4) is 6.07 Å². The van der Waals surface area contributed by atoms with Crippen molar-refractivity contribution in [2.75, 3.05) is 19.6 Å². The SMILES string of the molecule is CC(C)(C#N)CN1CCC(F)(F)C1. The fraction of sp³-hybridized carbons (Fsp3) is 0.889. The van der Waals surface area contributed by atoms with E-state index in [-0.39, 0.29) is 13.0 Å². The number of nitriles is 1. The minimum absolute atomic E-state index is 0.0749. The Labute approximate surface area is 77.1 Å². The van der Waals surface area contributed by atoms with E-state index in [2.05, 4.69) is 6.07 Å². The highest BCUT2D eigenvalue weighted by molar-refractivity contribution is 4.96. The molecule has 0 aliphatic carbocycles. The molecule has 1 aliphatic rings. The van der Waals surface area contributed by atoms with Crippen molar-refractivity contribution in [3.63, 3.8) is 0 Å². The van der Waals surface area contributed by atoms with Crippen LogP contribution in [-0.2, 0) is 0 Å². The largest absolute Gasteiger partial charge is 0.296 e. The predicted molar refractivity (Wildman–Crippen MR) is 45.4 cm³/mol. The van der Waals surface area contributed by atoms with E-state index in [1.165, 1.54) is 0 Å². The highest BCUT2D eigenvalue weighted by Gasteiger charge is 2.39. The van der Waals surface area contributed by atoms with Crippen molar-refractivity contribution in [2.45, 2.75) is 26.2 Å². The highest BCUT2D eigenvalue weighted by atomic mass is 19.3. The highest BCUT2D eigenvalue weighted by Crippen LogP contribution is 2.29. The first-order valence-electron chi connectivity index (χ1n) is 4.36. The minimum atomic E-state index is -2.55.